The quantitative estimate of drug-likeness (QED) is 0.722. The molecule has 0 radical (unpaired) electrons. The van der Waals surface area contributed by atoms with E-state index in [0.717, 1.165) is 17.4 Å². The highest BCUT2D eigenvalue weighted by molar-refractivity contribution is 7.89. The van der Waals surface area contributed by atoms with Gasteiger partial charge in [0, 0.05) is 12.0 Å². The average Bonchev–Trinajstić information content (AvgIpc) is 2.63. The molecule has 152 valence electrons. The smallest absolute Gasteiger partial charge is 0.264 e. The summed E-state index contributed by atoms with van der Waals surface area (Å²) in [6.45, 7) is 1.90. The Bertz CT molecular complexity index is 1000. The van der Waals surface area contributed by atoms with Crippen molar-refractivity contribution in [3.63, 3.8) is 0 Å². The van der Waals surface area contributed by atoms with Crippen LogP contribution < -0.4 is 4.72 Å². The van der Waals surface area contributed by atoms with Crippen molar-refractivity contribution >= 4 is 20.1 Å². The van der Waals surface area contributed by atoms with Crippen molar-refractivity contribution < 1.29 is 21.0 Å². The molecule has 6 nitrogen and oxygen atoms in total. The summed E-state index contributed by atoms with van der Waals surface area (Å²) in [6, 6.07) is 15.9. The van der Waals surface area contributed by atoms with E-state index < -0.39 is 26.2 Å². The molecule has 0 amide bonds. The molecule has 0 bridgehead atoms. The van der Waals surface area contributed by atoms with Gasteiger partial charge in [-0.25, -0.2) is 13.1 Å². The van der Waals surface area contributed by atoms with E-state index in [4.69, 9.17) is 4.18 Å². The molecule has 8 heteroatoms. The Balaban J connectivity index is 1.85. The van der Waals surface area contributed by atoms with Crippen LogP contribution in [0.4, 0.5) is 0 Å². The Kier molecular flexibility index (Phi) is 6.24. The van der Waals surface area contributed by atoms with Crippen LogP contribution in [0.3, 0.4) is 0 Å². The van der Waals surface area contributed by atoms with Crippen LogP contribution in [0.25, 0.3) is 0 Å². The molecule has 3 rings (SSSR count). The number of hydrogen-bond acceptors (Lipinski definition) is 5. The van der Waals surface area contributed by atoms with Gasteiger partial charge in [-0.1, -0.05) is 48.0 Å². The minimum absolute atomic E-state index is 0.179. The molecule has 1 aliphatic carbocycles. The third kappa shape index (κ3) is 5.41. The van der Waals surface area contributed by atoms with E-state index in [9.17, 15) is 16.8 Å². The van der Waals surface area contributed by atoms with E-state index >= 15 is 0 Å². The van der Waals surface area contributed by atoms with Crippen LogP contribution in [0, 0.1) is 6.92 Å². The van der Waals surface area contributed by atoms with Crippen LogP contribution in [-0.4, -0.2) is 35.2 Å². The zero-order valence-corrected chi connectivity index (χ0v) is 17.5. The first-order chi connectivity index (χ1) is 13.1. The summed E-state index contributed by atoms with van der Waals surface area (Å²) < 4.78 is 56.8. The fourth-order valence-corrected chi connectivity index (χ4v) is 5.64. The molecule has 1 aliphatic rings. The van der Waals surface area contributed by atoms with Gasteiger partial charge in [0.05, 0.1) is 17.3 Å². The third-order valence-corrected chi connectivity index (χ3v) is 7.11. The monoisotopic (exact) mass is 423 g/mol. The van der Waals surface area contributed by atoms with Gasteiger partial charge >= 0.3 is 0 Å². The van der Waals surface area contributed by atoms with Crippen LogP contribution in [0.2, 0.25) is 0 Å². The van der Waals surface area contributed by atoms with E-state index in [1.165, 1.54) is 0 Å². The van der Waals surface area contributed by atoms with E-state index in [0.29, 0.717) is 19.3 Å². The van der Waals surface area contributed by atoms with Crippen LogP contribution >= 0.6 is 0 Å². The van der Waals surface area contributed by atoms with E-state index in [1.54, 1.807) is 24.3 Å². The fourth-order valence-electron chi connectivity index (χ4n) is 3.66. The number of nitrogens with one attached hydrogen (secondary N) is 1. The third-order valence-electron chi connectivity index (χ3n) is 4.98. The maximum Gasteiger partial charge on any atom is 0.264 e. The van der Waals surface area contributed by atoms with Gasteiger partial charge in [-0.05, 0) is 43.9 Å². The van der Waals surface area contributed by atoms with Gasteiger partial charge in [0.25, 0.3) is 10.1 Å². The van der Waals surface area contributed by atoms with Gasteiger partial charge in [0.15, 0.2) is 0 Å². The Labute approximate surface area is 167 Å². The van der Waals surface area contributed by atoms with Gasteiger partial charge in [0.1, 0.15) is 0 Å². The highest BCUT2D eigenvalue weighted by Gasteiger charge is 2.36. The molecule has 2 aromatic carbocycles. The fraction of sp³-hybridized carbons (Fsp3) is 0.400. The molecule has 0 unspecified atom stereocenters. The summed E-state index contributed by atoms with van der Waals surface area (Å²) in [7, 11) is -7.25. The summed E-state index contributed by atoms with van der Waals surface area (Å²) >= 11 is 0. The molecule has 2 aromatic rings. The molecule has 1 fully saturated rings. The Morgan fingerprint density at radius 1 is 0.929 bits per heavy atom. The van der Waals surface area contributed by atoms with Gasteiger partial charge in [-0.15, -0.1) is 0 Å². The highest BCUT2D eigenvalue weighted by Crippen LogP contribution is 2.36. The Hall–Kier alpha value is -1.74. The number of hydrogen-bond donors (Lipinski definition) is 1. The zero-order valence-electron chi connectivity index (χ0n) is 15.9. The first-order valence-corrected chi connectivity index (χ1v) is 12.5. The predicted molar refractivity (Wildman–Crippen MR) is 108 cm³/mol. The molecule has 0 heterocycles. The standard InChI is InChI=1S/C20H25NO5S2/c1-15-8-11-18(12-9-15)28(24,25)21-20-13-10-17(26-27(2,22)23)14-19(20)16-6-4-3-5-7-16/h3-9,11-12,17,19-21H,10,13-14H2,1-2H3/t17-,19+,20-/m0/s1. The molecule has 1 N–H and O–H groups in total. The van der Waals surface area contributed by atoms with Crippen molar-refractivity contribution in [2.24, 2.45) is 0 Å². The van der Waals surface area contributed by atoms with Crippen LogP contribution in [0.5, 0.6) is 0 Å². The molecule has 1 saturated carbocycles. The second kappa shape index (κ2) is 8.32. The largest absolute Gasteiger partial charge is 0.267 e. The van der Waals surface area contributed by atoms with Gasteiger partial charge in [0.2, 0.25) is 10.0 Å². The molecule has 0 spiro atoms. The Morgan fingerprint density at radius 2 is 1.57 bits per heavy atom. The SMILES string of the molecule is Cc1ccc(S(=O)(=O)N[C@H]2CC[C@H](OS(C)(=O)=O)C[C@@H]2c2ccccc2)cc1. The lowest BCUT2D eigenvalue weighted by Crippen LogP contribution is -2.44. The van der Waals surface area contributed by atoms with E-state index in [-0.39, 0.29) is 16.9 Å². The van der Waals surface area contributed by atoms with E-state index in [2.05, 4.69) is 4.72 Å². The maximum absolute atomic E-state index is 12.9. The van der Waals surface area contributed by atoms with Crippen molar-refractivity contribution in [2.75, 3.05) is 6.26 Å². The number of rotatable bonds is 6. The molecule has 28 heavy (non-hydrogen) atoms. The molecule has 3 atom stereocenters. The van der Waals surface area contributed by atoms with Crippen molar-refractivity contribution in [1.82, 2.24) is 4.72 Å². The zero-order chi connectivity index (χ0) is 20.4. The van der Waals surface area contributed by atoms with Gasteiger partial charge in [-0.3, -0.25) is 4.18 Å². The second-order valence-corrected chi connectivity index (χ2v) is 10.6. The summed E-state index contributed by atoms with van der Waals surface area (Å²) in [5.74, 6) is -0.179. The minimum atomic E-state index is -3.68. The van der Waals surface area contributed by atoms with Crippen LogP contribution in [-0.2, 0) is 24.3 Å². The number of aryl methyl sites for hydroxylation is 1. The van der Waals surface area contributed by atoms with Gasteiger partial charge in [-0.2, -0.15) is 8.42 Å². The first-order valence-electron chi connectivity index (χ1n) is 9.16. The summed E-state index contributed by atoms with van der Waals surface area (Å²) in [5, 5.41) is 0. The molecular formula is C20H25NO5S2. The molecular weight excluding hydrogens is 398 g/mol. The predicted octanol–water partition coefficient (Wildman–Crippen LogP) is 2.95. The molecule has 0 saturated heterocycles. The number of sulfonamides is 1. The summed E-state index contributed by atoms with van der Waals surface area (Å²) in [5.41, 5.74) is 1.94. The van der Waals surface area contributed by atoms with E-state index in [1.807, 2.05) is 37.3 Å². The molecule has 0 aliphatic heterocycles. The number of benzene rings is 2. The highest BCUT2D eigenvalue weighted by atomic mass is 32.2. The van der Waals surface area contributed by atoms with Crippen LogP contribution in [0.1, 0.15) is 36.3 Å². The second-order valence-electron chi connectivity index (χ2n) is 7.29. The van der Waals surface area contributed by atoms with Crippen molar-refractivity contribution in [1.29, 1.82) is 0 Å². The lowest BCUT2D eigenvalue weighted by Gasteiger charge is -2.36. The van der Waals surface area contributed by atoms with Crippen molar-refractivity contribution in [3.05, 3.63) is 65.7 Å². The minimum Gasteiger partial charge on any atom is -0.267 e. The summed E-state index contributed by atoms with van der Waals surface area (Å²) in [4.78, 5) is 0.222. The molecule has 0 aromatic heterocycles. The van der Waals surface area contributed by atoms with Crippen LogP contribution in [0.15, 0.2) is 59.5 Å². The summed E-state index contributed by atoms with van der Waals surface area (Å²) in [6.07, 6.45) is 1.97. The lowest BCUT2D eigenvalue weighted by atomic mass is 9.79. The topological polar surface area (TPSA) is 89.5 Å². The maximum atomic E-state index is 12.9. The first kappa shape index (κ1) is 21.0. The Morgan fingerprint density at radius 3 is 2.18 bits per heavy atom. The van der Waals surface area contributed by atoms with Crippen molar-refractivity contribution in [2.45, 2.75) is 49.1 Å². The van der Waals surface area contributed by atoms with Crippen molar-refractivity contribution in [3.8, 4) is 0 Å². The average molecular weight is 424 g/mol. The normalized spacial score (nSPS) is 23.4. The lowest BCUT2D eigenvalue weighted by molar-refractivity contribution is 0.138. The van der Waals surface area contributed by atoms with Gasteiger partial charge < -0.3 is 0 Å².